The molecule has 0 fully saturated rings. The van der Waals surface area contributed by atoms with Crippen molar-refractivity contribution < 1.29 is 33.7 Å². The van der Waals surface area contributed by atoms with Crippen LogP contribution in [0.15, 0.2) is 70.1 Å². The van der Waals surface area contributed by atoms with E-state index >= 15 is 0 Å². The lowest BCUT2D eigenvalue weighted by atomic mass is 10.1. The number of benzene rings is 3. The second-order valence-corrected chi connectivity index (χ2v) is 9.76. The van der Waals surface area contributed by atoms with Gasteiger partial charge in [0.25, 0.3) is 0 Å². The van der Waals surface area contributed by atoms with Crippen molar-refractivity contribution in [2.75, 3.05) is 7.11 Å². The first-order chi connectivity index (χ1) is 18.1. The van der Waals surface area contributed by atoms with Crippen LogP contribution in [0.3, 0.4) is 0 Å². The molecule has 0 aliphatic carbocycles. The van der Waals surface area contributed by atoms with Crippen molar-refractivity contribution in [1.29, 1.82) is 0 Å². The highest BCUT2D eigenvalue weighted by molar-refractivity contribution is 9.10. The number of phenolic OH excluding ortho intramolecular Hbond substituents is 1. The Hall–Kier alpha value is -3.98. The van der Waals surface area contributed by atoms with Gasteiger partial charge in [0.15, 0.2) is 17.5 Å². The Bertz CT molecular complexity index is 1350. The molecule has 0 heterocycles. The molecular weight excluding hydrogens is 554 g/mol. The summed E-state index contributed by atoms with van der Waals surface area (Å²) in [5, 5.41) is 9.54. The first-order valence-electron chi connectivity index (χ1n) is 11.8. The molecule has 0 radical (unpaired) electrons. The molecule has 1 atom stereocenters. The van der Waals surface area contributed by atoms with E-state index in [0.29, 0.717) is 15.6 Å². The Labute approximate surface area is 229 Å². The third kappa shape index (κ3) is 7.76. The summed E-state index contributed by atoms with van der Waals surface area (Å²) < 4.78 is 16.7. The maximum Gasteiger partial charge on any atom is 0.343 e. The number of methoxy groups -OCH3 is 1. The fourth-order valence-electron chi connectivity index (χ4n) is 3.38. The quantitative estimate of drug-likeness (QED) is 0.203. The minimum absolute atomic E-state index is 0.00878. The van der Waals surface area contributed by atoms with Crippen LogP contribution < -0.4 is 9.47 Å². The molecule has 0 saturated carbocycles. The van der Waals surface area contributed by atoms with Crippen molar-refractivity contribution in [2.45, 2.75) is 33.2 Å². The van der Waals surface area contributed by atoms with Crippen LogP contribution in [0.25, 0.3) is 0 Å². The van der Waals surface area contributed by atoms with E-state index in [1.165, 1.54) is 31.5 Å². The number of nitrogens with zero attached hydrogens (tertiary/aromatic N) is 1. The Morgan fingerprint density at radius 2 is 1.71 bits per heavy atom. The maximum absolute atomic E-state index is 12.9. The number of phenols is 1. The second kappa shape index (κ2) is 13.0. The van der Waals surface area contributed by atoms with Crippen molar-refractivity contribution in [3.63, 3.8) is 0 Å². The van der Waals surface area contributed by atoms with Gasteiger partial charge in [-0.15, -0.1) is 0 Å². The summed E-state index contributed by atoms with van der Waals surface area (Å²) in [4.78, 5) is 42.3. The number of hydrogen-bond acceptors (Lipinski definition) is 8. The molecule has 3 rings (SSSR count). The zero-order chi connectivity index (χ0) is 27.8. The number of carbonyl (C=O) groups is 3. The lowest BCUT2D eigenvalue weighted by Gasteiger charge is -2.16. The molecule has 0 saturated heterocycles. The third-order valence-corrected chi connectivity index (χ3v) is 5.87. The van der Waals surface area contributed by atoms with Gasteiger partial charge in [0, 0.05) is 22.7 Å². The van der Waals surface area contributed by atoms with E-state index in [2.05, 4.69) is 20.9 Å². The van der Waals surface area contributed by atoms with Crippen LogP contribution >= 0.6 is 15.9 Å². The SMILES string of the molecule is COC(=O)C(Cc1ccc(O)cc1)N=Cc1cc(Br)cc(OC(=O)c2cccc(C)c2)c1OC(=O)C(C)C. The molecule has 0 spiro atoms. The summed E-state index contributed by atoms with van der Waals surface area (Å²) in [6.45, 7) is 5.22. The molecule has 0 aromatic heterocycles. The molecule has 8 nitrogen and oxygen atoms in total. The van der Waals surface area contributed by atoms with Crippen molar-refractivity contribution in [3.05, 3.63) is 87.4 Å². The Morgan fingerprint density at radius 3 is 2.34 bits per heavy atom. The first-order valence-corrected chi connectivity index (χ1v) is 12.6. The molecule has 1 unspecified atom stereocenters. The molecular formula is C29H28BrNO7. The molecule has 0 aliphatic rings. The number of aliphatic imine (C=N–C) groups is 1. The largest absolute Gasteiger partial charge is 0.508 e. The minimum atomic E-state index is -0.921. The van der Waals surface area contributed by atoms with Crippen molar-refractivity contribution in [1.82, 2.24) is 0 Å². The average molecular weight is 582 g/mol. The predicted molar refractivity (Wildman–Crippen MR) is 146 cm³/mol. The van der Waals surface area contributed by atoms with Crippen LogP contribution in [0, 0.1) is 12.8 Å². The number of hydrogen-bond donors (Lipinski definition) is 1. The predicted octanol–water partition coefficient (Wildman–Crippen LogP) is 5.45. The molecule has 0 aliphatic heterocycles. The topological polar surface area (TPSA) is 111 Å². The summed E-state index contributed by atoms with van der Waals surface area (Å²) >= 11 is 3.40. The highest BCUT2D eigenvalue weighted by atomic mass is 79.9. The highest BCUT2D eigenvalue weighted by Crippen LogP contribution is 2.35. The number of aromatic hydroxyl groups is 1. The fraction of sp³-hybridized carbons (Fsp3) is 0.241. The zero-order valence-electron chi connectivity index (χ0n) is 21.4. The van der Waals surface area contributed by atoms with Gasteiger partial charge in [-0.2, -0.15) is 0 Å². The lowest BCUT2D eigenvalue weighted by Crippen LogP contribution is -2.23. The zero-order valence-corrected chi connectivity index (χ0v) is 23.0. The van der Waals surface area contributed by atoms with E-state index in [4.69, 9.17) is 14.2 Å². The molecule has 3 aromatic carbocycles. The number of esters is 3. The van der Waals surface area contributed by atoms with Gasteiger partial charge >= 0.3 is 17.9 Å². The summed E-state index contributed by atoms with van der Waals surface area (Å²) in [7, 11) is 1.26. The van der Waals surface area contributed by atoms with Gasteiger partial charge in [0.05, 0.1) is 18.6 Å². The van der Waals surface area contributed by atoms with Crippen LogP contribution in [0.5, 0.6) is 17.2 Å². The second-order valence-electron chi connectivity index (χ2n) is 8.84. The number of aryl methyl sites for hydroxylation is 1. The third-order valence-electron chi connectivity index (χ3n) is 5.41. The standard InChI is InChI=1S/C29H28BrNO7/c1-17(2)27(33)38-26-21(16-31-24(29(35)36-4)13-19-8-10-23(32)11-9-19)14-22(30)15-25(26)37-28(34)20-7-5-6-18(3)12-20/h5-12,14-17,24,32H,13H2,1-4H3. The van der Waals surface area contributed by atoms with Gasteiger partial charge in [-0.05, 0) is 48.9 Å². The van der Waals surface area contributed by atoms with Crippen LogP contribution in [0.1, 0.15) is 40.9 Å². The smallest absolute Gasteiger partial charge is 0.343 e. The number of rotatable bonds is 9. The average Bonchev–Trinajstić information content (AvgIpc) is 2.88. The summed E-state index contributed by atoms with van der Waals surface area (Å²) in [5.74, 6) is -2.10. The number of carbonyl (C=O) groups excluding carboxylic acids is 3. The summed E-state index contributed by atoms with van der Waals surface area (Å²) in [6.07, 6.45) is 1.58. The van der Waals surface area contributed by atoms with Crippen LogP contribution in [0.2, 0.25) is 0 Å². The molecule has 198 valence electrons. The van der Waals surface area contributed by atoms with Crippen LogP contribution in [-0.2, 0) is 20.7 Å². The van der Waals surface area contributed by atoms with Gasteiger partial charge < -0.3 is 19.3 Å². The Kier molecular flexibility index (Phi) is 9.78. The van der Waals surface area contributed by atoms with E-state index in [1.54, 1.807) is 50.2 Å². The normalized spacial score (nSPS) is 11.8. The minimum Gasteiger partial charge on any atom is -0.508 e. The van der Waals surface area contributed by atoms with Gasteiger partial charge in [-0.3, -0.25) is 9.79 Å². The molecule has 38 heavy (non-hydrogen) atoms. The van der Waals surface area contributed by atoms with Crippen LogP contribution in [-0.4, -0.2) is 42.4 Å². The van der Waals surface area contributed by atoms with E-state index in [0.717, 1.165) is 11.1 Å². The van der Waals surface area contributed by atoms with Crippen LogP contribution in [0.4, 0.5) is 0 Å². The molecule has 1 N–H and O–H groups in total. The monoisotopic (exact) mass is 581 g/mol. The van der Waals surface area contributed by atoms with E-state index in [-0.39, 0.29) is 23.7 Å². The van der Waals surface area contributed by atoms with Gasteiger partial charge in [-0.1, -0.05) is 59.6 Å². The van der Waals surface area contributed by atoms with E-state index in [1.807, 2.05) is 13.0 Å². The van der Waals surface area contributed by atoms with Crippen molar-refractivity contribution in [2.24, 2.45) is 10.9 Å². The summed E-state index contributed by atoms with van der Waals surface area (Å²) in [5.41, 5.74) is 2.28. The Morgan fingerprint density at radius 1 is 1.00 bits per heavy atom. The first kappa shape index (κ1) is 28.6. The highest BCUT2D eigenvalue weighted by Gasteiger charge is 2.23. The fourth-order valence-corrected chi connectivity index (χ4v) is 3.83. The number of halogens is 1. The Balaban J connectivity index is 2.01. The van der Waals surface area contributed by atoms with Crippen molar-refractivity contribution >= 4 is 40.1 Å². The molecule has 0 amide bonds. The number of ether oxygens (including phenoxy) is 3. The van der Waals surface area contributed by atoms with Crippen molar-refractivity contribution in [3.8, 4) is 17.2 Å². The summed E-state index contributed by atoms with van der Waals surface area (Å²) in [6, 6.07) is 15.5. The van der Waals surface area contributed by atoms with Gasteiger partial charge in [0.1, 0.15) is 5.75 Å². The lowest BCUT2D eigenvalue weighted by molar-refractivity contribution is -0.142. The molecule has 9 heteroatoms. The van der Waals surface area contributed by atoms with Gasteiger partial charge in [0.2, 0.25) is 0 Å². The van der Waals surface area contributed by atoms with Gasteiger partial charge in [-0.25, -0.2) is 9.59 Å². The van der Waals surface area contributed by atoms with E-state index < -0.39 is 29.9 Å². The maximum atomic E-state index is 12.9. The van der Waals surface area contributed by atoms with E-state index in [9.17, 15) is 19.5 Å². The molecule has 3 aromatic rings. The molecule has 0 bridgehead atoms.